The van der Waals surface area contributed by atoms with Gasteiger partial charge in [-0.3, -0.25) is 0 Å². The number of nitrogens with zero attached hydrogens (tertiary/aromatic N) is 2. The Morgan fingerprint density at radius 2 is 1.97 bits per heavy atom. The Hall–Kier alpha value is -2.84. The molecule has 2 heterocycles. The summed E-state index contributed by atoms with van der Waals surface area (Å²) in [6.45, 7) is 2.69. The number of unbranched alkanes of at least 4 members (excludes halogenated alkanes) is 1. The lowest BCUT2D eigenvalue weighted by molar-refractivity contribution is -0.131. The molecule has 0 aliphatic heterocycles. The maximum Gasteiger partial charge on any atom is 0.342 e. The molecule has 2 N–H and O–H groups in total. The van der Waals surface area contributed by atoms with Crippen molar-refractivity contribution in [3.8, 4) is 0 Å². The normalized spacial score (nSPS) is 11.6. The van der Waals surface area contributed by atoms with Crippen LogP contribution in [0.15, 0.2) is 52.9 Å². The van der Waals surface area contributed by atoms with Gasteiger partial charge in [-0.05, 0) is 41.6 Å². The largest absolute Gasteiger partial charge is 0.478 e. The van der Waals surface area contributed by atoms with Crippen molar-refractivity contribution in [3.05, 3.63) is 80.4 Å². The number of imidazole rings is 1. The number of thioether (sulfide) groups is 1. The Morgan fingerprint density at radius 1 is 1.19 bits per heavy atom. The van der Waals surface area contributed by atoms with E-state index in [-0.39, 0.29) is 10.5 Å². The molecule has 0 aliphatic rings. The van der Waals surface area contributed by atoms with Crippen molar-refractivity contribution < 1.29 is 19.8 Å². The van der Waals surface area contributed by atoms with Gasteiger partial charge in [-0.1, -0.05) is 31.5 Å². The zero-order chi connectivity index (χ0) is 22.2. The summed E-state index contributed by atoms with van der Waals surface area (Å²) in [5, 5.41) is 20.6. The van der Waals surface area contributed by atoms with Gasteiger partial charge in [-0.2, -0.15) is 0 Å². The summed E-state index contributed by atoms with van der Waals surface area (Å²) in [5.41, 5.74) is 2.16. The highest BCUT2D eigenvalue weighted by molar-refractivity contribution is 8.03. The fourth-order valence-corrected chi connectivity index (χ4v) is 4.65. The third-order valence-electron chi connectivity index (χ3n) is 4.72. The van der Waals surface area contributed by atoms with E-state index in [9.17, 15) is 14.7 Å². The molecule has 8 heteroatoms. The Morgan fingerprint density at radius 3 is 2.58 bits per heavy atom. The minimum absolute atomic E-state index is 0.251. The van der Waals surface area contributed by atoms with Gasteiger partial charge in [0.25, 0.3) is 0 Å². The smallest absolute Gasteiger partial charge is 0.342 e. The predicted molar refractivity (Wildman–Crippen MR) is 125 cm³/mol. The first kappa shape index (κ1) is 22.8. The number of thiophene rings is 1. The van der Waals surface area contributed by atoms with Gasteiger partial charge < -0.3 is 14.8 Å². The van der Waals surface area contributed by atoms with Crippen LogP contribution >= 0.6 is 23.1 Å². The molecule has 0 atom stereocenters. The number of hydrogen-bond donors (Lipinski definition) is 2. The van der Waals surface area contributed by atoms with E-state index in [4.69, 9.17) is 5.11 Å². The van der Waals surface area contributed by atoms with Gasteiger partial charge in [-0.25, -0.2) is 14.6 Å². The number of carboxylic acids is 2. The van der Waals surface area contributed by atoms with Crippen molar-refractivity contribution in [2.75, 3.05) is 0 Å². The van der Waals surface area contributed by atoms with Crippen LogP contribution in [-0.4, -0.2) is 31.7 Å². The van der Waals surface area contributed by atoms with Crippen molar-refractivity contribution in [3.63, 3.8) is 0 Å². The van der Waals surface area contributed by atoms with Crippen LogP contribution in [0.5, 0.6) is 0 Å². The number of carbonyl (C=O) groups is 2. The van der Waals surface area contributed by atoms with Gasteiger partial charge in [0.05, 0.1) is 10.5 Å². The van der Waals surface area contributed by atoms with E-state index in [0.717, 1.165) is 41.2 Å². The van der Waals surface area contributed by atoms with E-state index in [1.54, 1.807) is 18.2 Å². The predicted octanol–water partition coefficient (Wildman–Crippen LogP) is 5.39. The number of carboxylic acid groups (broad SMARTS) is 2. The summed E-state index contributed by atoms with van der Waals surface area (Å²) >= 11 is 2.78. The minimum atomic E-state index is -0.950. The van der Waals surface area contributed by atoms with Crippen LogP contribution in [0.2, 0.25) is 0 Å². The number of aliphatic carboxylic acids is 1. The van der Waals surface area contributed by atoms with Crippen molar-refractivity contribution in [2.45, 2.75) is 38.5 Å². The van der Waals surface area contributed by atoms with Crippen molar-refractivity contribution in [1.82, 2.24) is 9.55 Å². The highest BCUT2D eigenvalue weighted by atomic mass is 32.2. The quantitative estimate of drug-likeness (QED) is 0.376. The van der Waals surface area contributed by atoms with Gasteiger partial charge in [0.1, 0.15) is 5.82 Å². The van der Waals surface area contributed by atoms with Gasteiger partial charge in [0.15, 0.2) is 0 Å². The van der Waals surface area contributed by atoms with Crippen LogP contribution in [0.3, 0.4) is 0 Å². The fraction of sp³-hybridized carbons (Fsp3) is 0.261. The molecule has 0 bridgehead atoms. The summed E-state index contributed by atoms with van der Waals surface area (Å²) in [4.78, 5) is 28.6. The molecule has 0 saturated heterocycles. The van der Waals surface area contributed by atoms with Crippen LogP contribution in [0.25, 0.3) is 6.08 Å². The molecule has 3 rings (SSSR count). The van der Waals surface area contributed by atoms with E-state index >= 15 is 0 Å². The van der Waals surface area contributed by atoms with Gasteiger partial charge in [-0.15, -0.1) is 23.1 Å². The first-order valence-corrected chi connectivity index (χ1v) is 11.8. The number of hydrogen-bond acceptors (Lipinski definition) is 5. The molecule has 0 fully saturated rings. The number of aromatic nitrogens is 2. The summed E-state index contributed by atoms with van der Waals surface area (Å²) in [5.74, 6) is -0.456. The van der Waals surface area contributed by atoms with Gasteiger partial charge >= 0.3 is 11.9 Å². The van der Waals surface area contributed by atoms with Crippen molar-refractivity contribution in [2.24, 2.45) is 0 Å². The average Bonchev–Trinajstić information content (AvgIpc) is 3.40. The Balaban J connectivity index is 1.81. The Bertz CT molecular complexity index is 1050. The maximum absolute atomic E-state index is 11.7. The number of aromatic carboxylic acids is 1. The molecule has 2 aromatic heterocycles. The summed E-state index contributed by atoms with van der Waals surface area (Å²) in [6, 6.07) is 10.6. The maximum atomic E-state index is 11.7. The Labute approximate surface area is 189 Å². The van der Waals surface area contributed by atoms with Crippen LogP contribution in [0, 0.1) is 0 Å². The monoisotopic (exact) mass is 456 g/mol. The van der Waals surface area contributed by atoms with Crippen LogP contribution < -0.4 is 0 Å². The molecule has 0 aliphatic carbocycles. The molecular formula is C23H24N2O4S2. The molecular weight excluding hydrogens is 432 g/mol. The minimum Gasteiger partial charge on any atom is -0.478 e. The Kier molecular flexibility index (Phi) is 8.08. The van der Waals surface area contributed by atoms with Crippen LogP contribution in [0.1, 0.15) is 52.1 Å². The van der Waals surface area contributed by atoms with Crippen LogP contribution in [-0.2, 0) is 23.5 Å². The van der Waals surface area contributed by atoms with E-state index in [1.807, 2.05) is 35.8 Å². The summed E-state index contributed by atoms with van der Waals surface area (Å²) in [7, 11) is 0. The number of benzene rings is 1. The molecule has 0 radical (unpaired) electrons. The average molecular weight is 457 g/mol. The third-order valence-corrected chi connectivity index (χ3v) is 6.58. The number of aryl methyl sites for hydroxylation is 1. The van der Waals surface area contributed by atoms with Crippen molar-refractivity contribution >= 4 is 41.1 Å². The molecule has 0 unspecified atom stereocenters. The SMILES string of the molecule is CCCCc1ncc(CS/C(=C/c2cccs2)C(=O)O)n1Cc1ccc(C(=O)O)cc1. The molecule has 0 saturated carbocycles. The van der Waals surface area contributed by atoms with Crippen molar-refractivity contribution in [1.29, 1.82) is 0 Å². The summed E-state index contributed by atoms with van der Waals surface area (Å²) < 4.78 is 2.11. The lowest BCUT2D eigenvalue weighted by atomic mass is 10.1. The first-order valence-electron chi connectivity index (χ1n) is 9.94. The highest BCUT2D eigenvalue weighted by Crippen LogP contribution is 2.26. The highest BCUT2D eigenvalue weighted by Gasteiger charge is 2.15. The fourth-order valence-electron chi connectivity index (χ4n) is 3.05. The second-order valence-electron chi connectivity index (χ2n) is 6.98. The molecule has 3 aromatic rings. The molecule has 162 valence electrons. The van der Waals surface area contributed by atoms with E-state index in [2.05, 4.69) is 16.5 Å². The van der Waals surface area contributed by atoms with Crippen LogP contribution in [0.4, 0.5) is 0 Å². The molecule has 31 heavy (non-hydrogen) atoms. The zero-order valence-electron chi connectivity index (χ0n) is 17.2. The molecule has 1 aromatic carbocycles. The summed E-state index contributed by atoms with van der Waals surface area (Å²) in [6.07, 6.45) is 6.41. The number of rotatable bonds is 11. The second kappa shape index (κ2) is 11.0. The second-order valence-corrected chi connectivity index (χ2v) is 8.97. The molecule has 0 spiro atoms. The zero-order valence-corrected chi connectivity index (χ0v) is 18.8. The van der Waals surface area contributed by atoms with Gasteiger partial charge in [0.2, 0.25) is 0 Å². The topological polar surface area (TPSA) is 92.4 Å². The lowest BCUT2D eigenvalue weighted by Crippen LogP contribution is -2.09. The molecule has 6 nitrogen and oxygen atoms in total. The lowest BCUT2D eigenvalue weighted by Gasteiger charge is -2.13. The standard InChI is InChI=1S/C23H24N2O4S2/c1-2-3-6-21-24-13-18(15-31-20(23(28)29)12-19-5-4-11-30-19)25(21)14-16-7-9-17(10-8-16)22(26)27/h4-5,7-13H,2-3,6,14-15H2,1H3,(H,26,27)(H,28,29)/b20-12+. The third kappa shape index (κ3) is 6.32. The van der Waals surface area contributed by atoms with E-state index < -0.39 is 11.9 Å². The van der Waals surface area contributed by atoms with E-state index in [1.165, 1.54) is 23.1 Å². The first-order chi connectivity index (χ1) is 15.0. The van der Waals surface area contributed by atoms with Gasteiger partial charge in [0, 0.05) is 35.5 Å². The molecule has 0 amide bonds. The van der Waals surface area contributed by atoms with E-state index in [0.29, 0.717) is 12.3 Å².